The van der Waals surface area contributed by atoms with Gasteiger partial charge in [-0.15, -0.1) is 0 Å². The average Bonchev–Trinajstić information content (AvgIpc) is 2.73. The highest BCUT2D eigenvalue weighted by Gasteiger charge is 2.17. The van der Waals surface area contributed by atoms with Gasteiger partial charge in [0.2, 0.25) is 5.95 Å². The first kappa shape index (κ1) is 15.6. The summed E-state index contributed by atoms with van der Waals surface area (Å²) < 4.78 is 7.94. The molecular weight excluding hydrogens is 264 g/mol. The summed E-state index contributed by atoms with van der Waals surface area (Å²) in [7, 11) is 4.16. The molecule has 0 saturated heterocycles. The molecule has 0 radical (unpaired) electrons. The second-order valence-corrected chi connectivity index (χ2v) is 6.07. The normalized spacial score (nSPS) is 13.3. The van der Waals surface area contributed by atoms with Gasteiger partial charge in [-0.1, -0.05) is 6.07 Å². The minimum atomic E-state index is 0.119. The van der Waals surface area contributed by atoms with Crippen molar-refractivity contribution in [1.82, 2.24) is 14.5 Å². The van der Waals surface area contributed by atoms with Gasteiger partial charge in [-0.05, 0) is 60.0 Å². The van der Waals surface area contributed by atoms with Crippen LogP contribution in [0.4, 0.5) is 5.95 Å². The molecule has 5 nitrogen and oxygen atoms in total. The van der Waals surface area contributed by atoms with E-state index in [1.54, 1.807) is 0 Å². The van der Waals surface area contributed by atoms with Gasteiger partial charge in [0.05, 0.1) is 11.6 Å². The highest BCUT2D eigenvalue weighted by Crippen LogP contribution is 2.31. The molecule has 21 heavy (non-hydrogen) atoms. The van der Waals surface area contributed by atoms with Gasteiger partial charge in [0, 0.05) is 6.04 Å². The Morgan fingerprint density at radius 2 is 2.00 bits per heavy atom. The van der Waals surface area contributed by atoms with Gasteiger partial charge in [-0.3, -0.25) is 0 Å². The number of nitrogens with zero attached hydrogens (tertiary/aromatic N) is 3. The molecule has 1 aromatic carbocycles. The molecule has 116 valence electrons. The van der Waals surface area contributed by atoms with Crippen LogP contribution in [-0.2, 0) is 0 Å². The molecule has 0 saturated carbocycles. The number of rotatable bonds is 6. The molecule has 2 N–H and O–H groups in total. The van der Waals surface area contributed by atoms with Crippen molar-refractivity contribution in [3.8, 4) is 5.75 Å². The first-order valence-electron chi connectivity index (χ1n) is 7.48. The minimum Gasteiger partial charge on any atom is -0.489 e. The maximum Gasteiger partial charge on any atom is 0.201 e. The molecule has 2 aromatic rings. The first-order chi connectivity index (χ1) is 9.90. The fourth-order valence-corrected chi connectivity index (χ4v) is 2.50. The quantitative estimate of drug-likeness (QED) is 0.888. The van der Waals surface area contributed by atoms with E-state index in [2.05, 4.69) is 41.5 Å². The zero-order chi connectivity index (χ0) is 15.6. The maximum atomic E-state index is 6.14. The molecule has 1 aromatic heterocycles. The second kappa shape index (κ2) is 6.35. The van der Waals surface area contributed by atoms with Crippen LogP contribution in [0.1, 0.15) is 33.2 Å². The predicted molar refractivity (Wildman–Crippen MR) is 87.8 cm³/mol. The van der Waals surface area contributed by atoms with Crippen molar-refractivity contribution in [2.45, 2.75) is 39.3 Å². The molecule has 1 atom stereocenters. The molecule has 0 amide bonds. The molecule has 2 rings (SSSR count). The fraction of sp³-hybridized carbons (Fsp3) is 0.562. The van der Waals surface area contributed by atoms with Crippen molar-refractivity contribution in [3.63, 3.8) is 0 Å². The third kappa shape index (κ3) is 3.47. The summed E-state index contributed by atoms with van der Waals surface area (Å²) >= 11 is 0. The van der Waals surface area contributed by atoms with E-state index < -0.39 is 0 Å². The van der Waals surface area contributed by atoms with Gasteiger partial charge in [-0.25, -0.2) is 4.98 Å². The van der Waals surface area contributed by atoms with Crippen molar-refractivity contribution < 1.29 is 4.74 Å². The van der Waals surface area contributed by atoms with E-state index in [0.29, 0.717) is 12.0 Å². The van der Waals surface area contributed by atoms with Gasteiger partial charge < -0.3 is 19.9 Å². The summed E-state index contributed by atoms with van der Waals surface area (Å²) in [5.41, 5.74) is 8.03. The Labute approximate surface area is 126 Å². The standard InChI is InChI=1S/C16H26N4O/c1-11(2)21-14-8-6-7-13-15(14)18-16(17)20(13)12(3)9-10-19(4)5/h6-8,11-12H,9-10H2,1-5H3,(H2,17,18). The Morgan fingerprint density at radius 1 is 1.29 bits per heavy atom. The van der Waals surface area contributed by atoms with E-state index >= 15 is 0 Å². The van der Waals surface area contributed by atoms with Crippen molar-refractivity contribution in [2.75, 3.05) is 26.4 Å². The van der Waals surface area contributed by atoms with Crippen LogP contribution in [0, 0.1) is 0 Å². The van der Waals surface area contributed by atoms with Crippen molar-refractivity contribution in [1.29, 1.82) is 0 Å². The Kier molecular flexibility index (Phi) is 4.73. The lowest BCUT2D eigenvalue weighted by atomic mass is 10.2. The monoisotopic (exact) mass is 290 g/mol. The van der Waals surface area contributed by atoms with Gasteiger partial charge in [0.15, 0.2) is 0 Å². The lowest BCUT2D eigenvalue weighted by Crippen LogP contribution is -2.18. The molecular formula is C16H26N4O. The third-order valence-corrected chi connectivity index (χ3v) is 3.51. The number of fused-ring (bicyclic) bond motifs is 1. The van der Waals surface area contributed by atoms with E-state index in [9.17, 15) is 0 Å². The summed E-state index contributed by atoms with van der Waals surface area (Å²) in [6, 6.07) is 6.30. The molecule has 1 heterocycles. The summed E-state index contributed by atoms with van der Waals surface area (Å²) in [5, 5.41) is 0. The van der Waals surface area contributed by atoms with Crippen molar-refractivity contribution in [3.05, 3.63) is 18.2 Å². The number of ether oxygens (including phenoxy) is 1. The van der Waals surface area contributed by atoms with Crippen LogP contribution >= 0.6 is 0 Å². The van der Waals surface area contributed by atoms with Crippen LogP contribution in [-0.4, -0.2) is 41.2 Å². The number of benzene rings is 1. The zero-order valence-electron chi connectivity index (χ0n) is 13.6. The van der Waals surface area contributed by atoms with E-state index in [4.69, 9.17) is 10.5 Å². The summed E-state index contributed by atoms with van der Waals surface area (Å²) in [4.78, 5) is 6.70. The number of nitrogens with two attached hydrogens (primary N) is 1. The summed E-state index contributed by atoms with van der Waals surface area (Å²) in [5.74, 6) is 1.35. The predicted octanol–water partition coefficient (Wildman–Crippen LogP) is 2.92. The topological polar surface area (TPSA) is 56.3 Å². The number of anilines is 1. The van der Waals surface area contributed by atoms with E-state index in [0.717, 1.165) is 29.7 Å². The SMILES string of the molecule is CC(C)Oc1cccc2c1nc(N)n2C(C)CCN(C)C. The van der Waals surface area contributed by atoms with Crippen LogP contribution in [0.3, 0.4) is 0 Å². The van der Waals surface area contributed by atoms with Crippen LogP contribution in [0.5, 0.6) is 5.75 Å². The van der Waals surface area contributed by atoms with Crippen molar-refractivity contribution >= 4 is 17.0 Å². The Bertz CT molecular complexity index is 604. The highest BCUT2D eigenvalue weighted by molar-refractivity contribution is 5.84. The van der Waals surface area contributed by atoms with Gasteiger partial charge >= 0.3 is 0 Å². The molecule has 0 aliphatic rings. The van der Waals surface area contributed by atoms with E-state index in [-0.39, 0.29) is 6.10 Å². The maximum absolute atomic E-state index is 6.14. The molecule has 0 aliphatic heterocycles. The van der Waals surface area contributed by atoms with Crippen LogP contribution in [0.15, 0.2) is 18.2 Å². The number of hydrogen-bond donors (Lipinski definition) is 1. The second-order valence-electron chi connectivity index (χ2n) is 6.07. The third-order valence-electron chi connectivity index (χ3n) is 3.51. The largest absolute Gasteiger partial charge is 0.489 e. The van der Waals surface area contributed by atoms with Crippen LogP contribution in [0.25, 0.3) is 11.0 Å². The van der Waals surface area contributed by atoms with Gasteiger partial charge in [0.1, 0.15) is 11.3 Å². The molecule has 0 aliphatic carbocycles. The number of hydrogen-bond acceptors (Lipinski definition) is 4. The Hall–Kier alpha value is -1.75. The van der Waals surface area contributed by atoms with Crippen LogP contribution < -0.4 is 10.5 Å². The fourth-order valence-electron chi connectivity index (χ4n) is 2.50. The highest BCUT2D eigenvalue weighted by atomic mass is 16.5. The number of para-hydroxylation sites is 1. The minimum absolute atomic E-state index is 0.119. The summed E-state index contributed by atoms with van der Waals surface area (Å²) in [6.07, 6.45) is 1.14. The van der Waals surface area contributed by atoms with Gasteiger partial charge in [0.25, 0.3) is 0 Å². The smallest absolute Gasteiger partial charge is 0.201 e. The summed E-state index contributed by atoms with van der Waals surface area (Å²) in [6.45, 7) is 7.22. The number of nitrogen functional groups attached to an aromatic ring is 1. The molecule has 5 heteroatoms. The van der Waals surface area contributed by atoms with Crippen molar-refractivity contribution in [2.24, 2.45) is 0 Å². The Balaban J connectivity index is 2.38. The average molecular weight is 290 g/mol. The van der Waals surface area contributed by atoms with Gasteiger partial charge in [-0.2, -0.15) is 0 Å². The molecule has 0 bridgehead atoms. The van der Waals surface area contributed by atoms with E-state index in [1.807, 2.05) is 26.0 Å². The molecule has 1 unspecified atom stereocenters. The number of aromatic nitrogens is 2. The lowest BCUT2D eigenvalue weighted by molar-refractivity contribution is 0.245. The first-order valence-corrected chi connectivity index (χ1v) is 7.48. The van der Waals surface area contributed by atoms with Crippen LogP contribution in [0.2, 0.25) is 0 Å². The Morgan fingerprint density at radius 3 is 2.62 bits per heavy atom. The van der Waals surface area contributed by atoms with E-state index in [1.165, 1.54) is 0 Å². The number of imidazole rings is 1. The molecule has 0 fully saturated rings. The zero-order valence-corrected chi connectivity index (χ0v) is 13.6. The lowest BCUT2D eigenvalue weighted by Gasteiger charge is -2.18. The molecule has 0 spiro atoms.